The molecule has 2 aromatic rings. The number of fused-ring (bicyclic) bond motifs is 2. The van der Waals surface area contributed by atoms with Gasteiger partial charge in [-0.3, -0.25) is 0 Å². The van der Waals surface area contributed by atoms with Gasteiger partial charge in [-0.1, -0.05) is 6.07 Å². The number of urea groups is 1. The molecule has 1 aromatic carbocycles. The minimum Gasteiger partial charge on any atom is -0.392 e. The molecule has 150 valence electrons. The number of hydrogen-bond donors (Lipinski definition) is 3. The van der Waals surface area contributed by atoms with Crippen LogP contribution in [0.15, 0.2) is 23.6 Å². The van der Waals surface area contributed by atoms with Gasteiger partial charge < -0.3 is 15.0 Å². The zero-order valence-corrected chi connectivity index (χ0v) is 16.6. The molecule has 4 rings (SSSR count). The summed E-state index contributed by atoms with van der Waals surface area (Å²) >= 11 is 0. The van der Waals surface area contributed by atoms with Gasteiger partial charge in [0, 0.05) is 18.4 Å². The summed E-state index contributed by atoms with van der Waals surface area (Å²) in [5.41, 5.74) is 5.57. The number of benzene rings is 1. The maximum atomic E-state index is 12.5. The Labute approximate surface area is 164 Å². The van der Waals surface area contributed by atoms with E-state index in [2.05, 4.69) is 21.1 Å². The lowest BCUT2D eigenvalue weighted by atomic mass is 9.99. The van der Waals surface area contributed by atoms with Gasteiger partial charge in [0.2, 0.25) is 0 Å². The molecule has 1 aromatic heterocycles. The standard InChI is InChI=1S/C19H24N4O4S/c1-12(24)9-23-10-17(20-11-23)28(26,27)22-19(25)21-18-15-6-2-4-13(15)8-14-5-3-7-16(14)18/h8,10-12,24H,2-7,9H2,1H3,(H2,21,22,25). The van der Waals surface area contributed by atoms with Gasteiger partial charge in [0.1, 0.15) is 0 Å². The lowest BCUT2D eigenvalue weighted by molar-refractivity contribution is 0.173. The topological polar surface area (TPSA) is 113 Å². The molecule has 1 atom stereocenters. The summed E-state index contributed by atoms with van der Waals surface area (Å²) in [6.07, 6.45) is 7.86. The number of nitrogens with zero attached hydrogens (tertiary/aromatic N) is 2. The summed E-state index contributed by atoms with van der Waals surface area (Å²) in [7, 11) is -4.10. The van der Waals surface area contributed by atoms with Gasteiger partial charge >= 0.3 is 6.03 Å². The van der Waals surface area contributed by atoms with Crippen LogP contribution in [0.4, 0.5) is 10.5 Å². The highest BCUT2D eigenvalue weighted by Crippen LogP contribution is 2.38. The summed E-state index contributed by atoms with van der Waals surface area (Å²) < 4.78 is 28.5. The normalized spacial score (nSPS) is 16.5. The minimum atomic E-state index is -4.10. The second kappa shape index (κ2) is 7.21. The van der Waals surface area contributed by atoms with Crippen molar-refractivity contribution in [3.05, 3.63) is 40.8 Å². The molecule has 2 aliphatic rings. The molecule has 0 aliphatic heterocycles. The van der Waals surface area contributed by atoms with Gasteiger partial charge in [0.25, 0.3) is 10.0 Å². The van der Waals surface area contributed by atoms with Crippen molar-refractivity contribution >= 4 is 21.7 Å². The van der Waals surface area contributed by atoms with Crippen LogP contribution in [-0.4, -0.2) is 35.2 Å². The molecule has 1 heterocycles. The van der Waals surface area contributed by atoms with Crippen LogP contribution in [0.5, 0.6) is 0 Å². The van der Waals surface area contributed by atoms with Gasteiger partial charge in [-0.15, -0.1) is 0 Å². The number of aliphatic hydroxyl groups excluding tert-OH is 1. The van der Waals surface area contributed by atoms with Gasteiger partial charge in [0.15, 0.2) is 5.03 Å². The van der Waals surface area contributed by atoms with Crippen molar-refractivity contribution in [3.8, 4) is 0 Å². The molecule has 28 heavy (non-hydrogen) atoms. The molecule has 2 aliphatic carbocycles. The van der Waals surface area contributed by atoms with Gasteiger partial charge in [0.05, 0.1) is 12.4 Å². The van der Waals surface area contributed by atoms with E-state index in [-0.39, 0.29) is 11.6 Å². The third-order valence-corrected chi connectivity index (χ3v) is 6.51. The Morgan fingerprint density at radius 2 is 1.86 bits per heavy atom. The van der Waals surface area contributed by atoms with Crippen molar-refractivity contribution in [1.29, 1.82) is 0 Å². The Hall–Kier alpha value is -2.39. The van der Waals surface area contributed by atoms with Gasteiger partial charge in [-0.05, 0) is 67.7 Å². The molecule has 0 radical (unpaired) electrons. The second-order valence-corrected chi connectivity index (χ2v) is 9.18. The number of anilines is 1. The number of rotatable bonds is 5. The Morgan fingerprint density at radius 1 is 1.21 bits per heavy atom. The first kappa shape index (κ1) is 18.9. The average molecular weight is 404 g/mol. The van der Waals surface area contributed by atoms with Crippen molar-refractivity contribution in [2.24, 2.45) is 0 Å². The van der Waals surface area contributed by atoms with E-state index in [1.807, 2.05) is 0 Å². The van der Waals surface area contributed by atoms with Crippen LogP contribution in [0.1, 0.15) is 42.0 Å². The number of sulfonamides is 1. The van der Waals surface area contributed by atoms with Crippen LogP contribution in [0.2, 0.25) is 0 Å². The fraction of sp³-hybridized carbons (Fsp3) is 0.474. The van der Waals surface area contributed by atoms with Crippen molar-refractivity contribution in [2.75, 3.05) is 5.32 Å². The van der Waals surface area contributed by atoms with E-state index in [4.69, 9.17) is 0 Å². The smallest absolute Gasteiger partial charge is 0.333 e. The van der Waals surface area contributed by atoms with Crippen LogP contribution in [0, 0.1) is 0 Å². The third kappa shape index (κ3) is 3.64. The van der Waals surface area contributed by atoms with E-state index in [9.17, 15) is 18.3 Å². The van der Waals surface area contributed by atoms with Crippen molar-refractivity contribution in [1.82, 2.24) is 14.3 Å². The van der Waals surface area contributed by atoms with E-state index >= 15 is 0 Å². The number of aryl methyl sites for hydroxylation is 2. The van der Waals surface area contributed by atoms with Crippen molar-refractivity contribution in [3.63, 3.8) is 0 Å². The average Bonchev–Trinajstić information content (AvgIpc) is 3.32. The van der Waals surface area contributed by atoms with Crippen molar-refractivity contribution in [2.45, 2.75) is 63.1 Å². The predicted octanol–water partition coefficient (Wildman–Crippen LogP) is 1.75. The Kier molecular flexibility index (Phi) is 4.88. The lowest BCUT2D eigenvalue weighted by Gasteiger charge is -2.16. The fourth-order valence-electron chi connectivity index (χ4n) is 4.16. The largest absolute Gasteiger partial charge is 0.392 e. The van der Waals surface area contributed by atoms with Crippen LogP contribution in [0.3, 0.4) is 0 Å². The van der Waals surface area contributed by atoms with E-state index < -0.39 is 22.2 Å². The molecule has 1 unspecified atom stereocenters. The number of aromatic nitrogens is 2. The maximum absolute atomic E-state index is 12.5. The number of amides is 2. The molecule has 3 N–H and O–H groups in total. The zero-order chi connectivity index (χ0) is 19.9. The SMILES string of the molecule is CC(O)Cn1cnc(S(=O)(=O)NC(=O)Nc2c3c(cc4c2CCC4)CCC3)c1. The molecule has 9 heteroatoms. The number of carbonyl (C=O) groups excluding carboxylic acids is 1. The second-order valence-electron chi connectivity index (χ2n) is 7.55. The number of carbonyl (C=O) groups is 1. The Bertz CT molecular complexity index is 995. The highest BCUT2D eigenvalue weighted by molar-refractivity contribution is 7.90. The molecular formula is C19H24N4O4S. The monoisotopic (exact) mass is 404 g/mol. The van der Waals surface area contributed by atoms with Crippen molar-refractivity contribution < 1.29 is 18.3 Å². The summed E-state index contributed by atoms with van der Waals surface area (Å²) in [6, 6.07) is 1.47. The Balaban J connectivity index is 1.53. The summed E-state index contributed by atoms with van der Waals surface area (Å²) in [4.78, 5) is 16.3. The summed E-state index contributed by atoms with van der Waals surface area (Å²) in [5.74, 6) is 0. The molecule has 2 amide bonds. The molecule has 0 bridgehead atoms. The van der Waals surface area contributed by atoms with Crippen LogP contribution in [-0.2, 0) is 42.3 Å². The molecule has 0 fully saturated rings. The number of hydrogen-bond acceptors (Lipinski definition) is 5. The molecule has 0 spiro atoms. The quantitative estimate of drug-likeness (QED) is 0.703. The van der Waals surface area contributed by atoms with Crippen LogP contribution < -0.4 is 10.0 Å². The van der Waals surface area contributed by atoms with E-state index in [0.29, 0.717) is 0 Å². The highest BCUT2D eigenvalue weighted by atomic mass is 32.2. The molecule has 8 nitrogen and oxygen atoms in total. The highest BCUT2D eigenvalue weighted by Gasteiger charge is 2.27. The molecular weight excluding hydrogens is 380 g/mol. The predicted molar refractivity (Wildman–Crippen MR) is 104 cm³/mol. The maximum Gasteiger partial charge on any atom is 0.333 e. The van der Waals surface area contributed by atoms with Gasteiger partial charge in [-0.2, -0.15) is 8.42 Å². The molecule has 0 saturated heterocycles. The fourth-order valence-corrected chi connectivity index (χ4v) is 5.02. The number of imidazole rings is 1. The van der Waals surface area contributed by atoms with Crippen LogP contribution in [0.25, 0.3) is 0 Å². The lowest BCUT2D eigenvalue weighted by Crippen LogP contribution is -2.35. The van der Waals surface area contributed by atoms with E-state index in [0.717, 1.165) is 55.3 Å². The minimum absolute atomic E-state index is 0.219. The summed E-state index contributed by atoms with van der Waals surface area (Å²) in [5, 5.41) is 11.9. The summed E-state index contributed by atoms with van der Waals surface area (Å²) in [6.45, 7) is 1.81. The van der Waals surface area contributed by atoms with Crippen LogP contribution >= 0.6 is 0 Å². The van der Waals surface area contributed by atoms with E-state index in [1.165, 1.54) is 28.2 Å². The first-order valence-corrected chi connectivity index (χ1v) is 11.0. The number of aliphatic hydroxyl groups is 1. The third-order valence-electron chi connectivity index (χ3n) is 5.30. The molecule has 0 saturated carbocycles. The first-order chi connectivity index (χ1) is 13.3. The zero-order valence-electron chi connectivity index (χ0n) is 15.7. The van der Waals surface area contributed by atoms with E-state index in [1.54, 1.807) is 6.92 Å². The number of nitrogens with one attached hydrogen (secondary N) is 2. The Morgan fingerprint density at radius 3 is 2.46 bits per heavy atom. The first-order valence-electron chi connectivity index (χ1n) is 9.53. The van der Waals surface area contributed by atoms with Gasteiger partial charge in [-0.25, -0.2) is 14.5 Å².